The molecule has 1 aromatic heterocycles. The number of urea groups is 1. The van der Waals surface area contributed by atoms with Crippen LogP contribution in [0.2, 0.25) is 0 Å². The Morgan fingerprint density at radius 2 is 1.83 bits per heavy atom. The zero-order chi connectivity index (χ0) is 16.8. The number of amides is 2. The van der Waals surface area contributed by atoms with Crippen molar-refractivity contribution in [2.45, 2.75) is 32.9 Å². The molecule has 0 bridgehead atoms. The number of pyridine rings is 1. The van der Waals surface area contributed by atoms with Crippen LogP contribution >= 0.6 is 0 Å². The third-order valence-electron chi connectivity index (χ3n) is 3.54. The van der Waals surface area contributed by atoms with Gasteiger partial charge in [0.15, 0.2) is 0 Å². The summed E-state index contributed by atoms with van der Waals surface area (Å²) in [4.78, 5) is 18.3. The fourth-order valence-corrected chi connectivity index (χ4v) is 2.14. The fourth-order valence-electron chi connectivity index (χ4n) is 2.14. The SMILES string of the molecule is CC(C)Oc1ncccc1NC(=O)N(C)C(C)c1ccccc1. The van der Waals surface area contributed by atoms with Crippen molar-refractivity contribution in [3.63, 3.8) is 0 Å². The van der Waals surface area contributed by atoms with Gasteiger partial charge in [-0.3, -0.25) is 0 Å². The molecule has 0 fully saturated rings. The number of carbonyl (C=O) groups is 1. The van der Waals surface area contributed by atoms with E-state index < -0.39 is 0 Å². The highest BCUT2D eigenvalue weighted by Crippen LogP contribution is 2.24. The summed E-state index contributed by atoms with van der Waals surface area (Å²) in [5.74, 6) is 0.427. The minimum absolute atomic E-state index is 0.0125. The van der Waals surface area contributed by atoms with Gasteiger partial charge in [-0.25, -0.2) is 9.78 Å². The Hall–Kier alpha value is -2.56. The zero-order valence-corrected chi connectivity index (χ0v) is 14.0. The number of carbonyl (C=O) groups excluding carboxylic acids is 1. The molecule has 122 valence electrons. The molecule has 23 heavy (non-hydrogen) atoms. The summed E-state index contributed by atoms with van der Waals surface area (Å²) >= 11 is 0. The highest BCUT2D eigenvalue weighted by Gasteiger charge is 2.19. The number of ether oxygens (including phenoxy) is 1. The second kappa shape index (κ2) is 7.63. The highest BCUT2D eigenvalue weighted by atomic mass is 16.5. The second-order valence-electron chi connectivity index (χ2n) is 5.65. The van der Waals surface area contributed by atoms with Crippen molar-refractivity contribution in [1.29, 1.82) is 0 Å². The van der Waals surface area contributed by atoms with Gasteiger partial charge in [-0.1, -0.05) is 30.3 Å². The molecule has 0 radical (unpaired) electrons. The molecule has 0 saturated heterocycles. The van der Waals surface area contributed by atoms with Gasteiger partial charge in [0, 0.05) is 13.2 Å². The molecular weight excluding hydrogens is 290 g/mol. The first-order valence-corrected chi connectivity index (χ1v) is 7.69. The van der Waals surface area contributed by atoms with Crippen molar-refractivity contribution in [3.05, 3.63) is 54.2 Å². The van der Waals surface area contributed by atoms with Crippen LogP contribution in [0.15, 0.2) is 48.7 Å². The molecule has 0 aliphatic heterocycles. The molecule has 2 rings (SSSR count). The van der Waals surface area contributed by atoms with Crippen molar-refractivity contribution < 1.29 is 9.53 Å². The minimum Gasteiger partial charge on any atom is -0.473 e. The molecule has 1 heterocycles. The molecule has 0 saturated carbocycles. The van der Waals surface area contributed by atoms with E-state index in [1.165, 1.54) is 0 Å². The Balaban J connectivity index is 2.10. The number of benzene rings is 1. The van der Waals surface area contributed by atoms with Gasteiger partial charge in [-0.2, -0.15) is 0 Å². The van der Waals surface area contributed by atoms with Crippen LogP contribution in [0, 0.1) is 0 Å². The van der Waals surface area contributed by atoms with Crippen molar-refractivity contribution in [1.82, 2.24) is 9.88 Å². The van der Waals surface area contributed by atoms with Crippen molar-refractivity contribution >= 4 is 11.7 Å². The second-order valence-corrected chi connectivity index (χ2v) is 5.65. The lowest BCUT2D eigenvalue weighted by Crippen LogP contribution is -2.33. The van der Waals surface area contributed by atoms with Crippen LogP contribution in [-0.4, -0.2) is 29.1 Å². The Bertz CT molecular complexity index is 644. The smallest absolute Gasteiger partial charge is 0.322 e. The Labute approximate surface area is 137 Å². The van der Waals surface area contributed by atoms with Gasteiger partial charge in [-0.05, 0) is 38.5 Å². The van der Waals surface area contributed by atoms with Crippen LogP contribution in [0.3, 0.4) is 0 Å². The molecule has 1 unspecified atom stereocenters. The Morgan fingerprint density at radius 3 is 2.48 bits per heavy atom. The standard InChI is InChI=1S/C18H23N3O2/c1-13(2)23-17-16(11-8-12-19-17)20-18(22)21(4)14(3)15-9-6-5-7-10-15/h5-14H,1-4H3,(H,20,22). The first kappa shape index (κ1) is 16.8. The molecule has 1 N–H and O–H groups in total. The third-order valence-corrected chi connectivity index (χ3v) is 3.54. The van der Waals surface area contributed by atoms with E-state index in [9.17, 15) is 4.79 Å². The van der Waals surface area contributed by atoms with Crippen LogP contribution in [0.1, 0.15) is 32.4 Å². The topological polar surface area (TPSA) is 54.5 Å². The third kappa shape index (κ3) is 4.45. The summed E-state index contributed by atoms with van der Waals surface area (Å²) in [5, 5.41) is 2.87. The molecule has 1 aromatic carbocycles. The average Bonchev–Trinajstić information content (AvgIpc) is 2.55. The summed E-state index contributed by atoms with van der Waals surface area (Å²) < 4.78 is 5.63. The van der Waals surface area contributed by atoms with E-state index in [0.29, 0.717) is 11.6 Å². The van der Waals surface area contributed by atoms with Crippen molar-refractivity contribution in [2.24, 2.45) is 0 Å². The van der Waals surface area contributed by atoms with E-state index in [-0.39, 0.29) is 18.2 Å². The minimum atomic E-state index is -0.206. The van der Waals surface area contributed by atoms with E-state index in [0.717, 1.165) is 5.56 Å². The van der Waals surface area contributed by atoms with E-state index >= 15 is 0 Å². The predicted octanol–water partition coefficient (Wildman–Crippen LogP) is 4.09. The van der Waals surface area contributed by atoms with Gasteiger partial charge in [0.25, 0.3) is 0 Å². The summed E-state index contributed by atoms with van der Waals surface area (Å²) in [6.45, 7) is 5.83. The molecule has 2 amide bonds. The maximum atomic E-state index is 12.5. The van der Waals surface area contributed by atoms with E-state index in [1.54, 1.807) is 30.3 Å². The lowest BCUT2D eigenvalue weighted by Gasteiger charge is -2.26. The predicted molar refractivity (Wildman–Crippen MR) is 91.6 cm³/mol. The summed E-state index contributed by atoms with van der Waals surface area (Å²) in [6, 6.07) is 13.2. The van der Waals surface area contributed by atoms with Crippen LogP contribution < -0.4 is 10.1 Å². The van der Waals surface area contributed by atoms with Gasteiger partial charge in [0.05, 0.1) is 12.1 Å². The van der Waals surface area contributed by atoms with Crippen LogP contribution in [0.5, 0.6) is 5.88 Å². The summed E-state index contributed by atoms with van der Waals surface area (Å²) in [5.41, 5.74) is 1.65. The number of hydrogen-bond acceptors (Lipinski definition) is 3. The molecule has 2 aromatic rings. The van der Waals surface area contributed by atoms with Crippen LogP contribution in [-0.2, 0) is 0 Å². The molecule has 1 atom stereocenters. The van der Waals surface area contributed by atoms with E-state index in [2.05, 4.69) is 10.3 Å². The molecule has 5 heteroatoms. The lowest BCUT2D eigenvalue weighted by atomic mass is 10.1. The highest BCUT2D eigenvalue weighted by molar-refractivity contribution is 5.90. The van der Waals surface area contributed by atoms with Crippen LogP contribution in [0.25, 0.3) is 0 Å². The fraction of sp³-hybridized carbons (Fsp3) is 0.333. The van der Waals surface area contributed by atoms with Crippen molar-refractivity contribution in [2.75, 3.05) is 12.4 Å². The van der Waals surface area contributed by atoms with E-state index in [4.69, 9.17) is 4.74 Å². The Kier molecular flexibility index (Phi) is 5.57. The summed E-state index contributed by atoms with van der Waals surface area (Å²) in [6.07, 6.45) is 1.63. The molecule has 0 aliphatic rings. The number of nitrogens with one attached hydrogen (secondary N) is 1. The average molecular weight is 313 g/mol. The first-order valence-electron chi connectivity index (χ1n) is 7.69. The number of aromatic nitrogens is 1. The summed E-state index contributed by atoms with van der Waals surface area (Å²) in [7, 11) is 1.77. The lowest BCUT2D eigenvalue weighted by molar-refractivity contribution is 0.207. The van der Waals surface area contributed by atoms with Crippen LogP contribution in [0.4, 0.5) is 10.5 Å². The monoisotopic (exact) mass is 313 g/mol. The Morgan fingerprint density at radius 1 is 1.13 bits per heavy atom. The molecular formula is C18H23N3O2. The molecule has 0 aliphatic carbocycles. The molecule has 0 spiro atoms. The van der Waals surface area contributed by atoms with Gasteiger partial charge in [0.2, 0.25) is 5.88 Å². The van der Waals surface area contributed by atoms with Gasteiger partial charge < -0.3 is 15.0 Å². The number of anilines is 1. The zero-order valence-electron chi connectivity index (χ0n) is 14.0. The number of rotatable bonds is 5. The number of nitrogens with zero attached hydrogens (tertiary/aromatic N) is 2. The van der Waals surface area contributed by atoms with Gasteiger partial charge >= 0.3 is 6.03 Å². The van der Waals surface area contributed by atoms with E-state index in [1.807, 2.05) is 51.1 Å². The normalized spacial score (nSPS) is 11.9. The quantitative estimate of drug-likeness (QED) is 0.904. The first-order chi connectivity index (χ1) is 11.0. The largest absolute Gasteiger partial charge is 0.473 e. The van der Waals surface area contributed by atoms with Gasteiger partial charge in [-0.15, -0.1) is 0 Å². The van der Waals surface area contributed by atoms with Gasteiger partial charge in [0.1, 0.15) is 5.69 Å². The molecule has 5 nitrogen and oxygen atoms in total. The number of hydrogen-bond donors (Lipinski definition) is 1. The maximum Gasteiger partial charge on any atom is 0.322 e. The maximum absolute atomic E-state index is 12.5. The van der Waals surface area contributed by atoms with Crippen molar-refractivity contribution in [3.8, 4) is 5.88 Å².